The van der Waals surface area contributed by atoms with Crippen LogP contribution in [0.3, 0.4) is 0 Å². The second-order valence-electron chi connectivity index (χ2n) is 4.89. The fraction of sp³-hybridized carbons (Fsp3) is 0.0625. The summed E-state index contributed by atoms with van der Waals surface area (Å²) < 4.78 is 6.25. The molecule has 0 aliphatic carbocycles. The highest BCUT2D eigenvalue weighted by molar-refractivity contribution is 6.34. The molecule has 3 rings (SSSR count). The molecule has 6 nitrogen and oxygen atoms in total. The summed E-state index contributed by atoms with van der Waals surface area (Å²) >= 11 is 12.0. The van der Waals surface area contributed by atoms with E-state index in [1.807, 2.05) is 0 Å². The molecule has 0 saturated carbocycles. The van der Waals surface area contributed by atoms with Crippen LogP contribution in [-0.2, 0) is 0 Å². The third kappa shape index (κ3) is 3.20. The Kier molecular flexibility index (Phi) is 4.42. The molecule has 0 spiro atoms. The smallest absolute Gasteiger partial charge is 0.332 e. The molecule has 0 aliphatic heterocycles. The van der Waals surface area contributed by atoms with E-state index in [-0.39, 0.29) is 5.56 Å². The molecule has 2 heterocycles. The average Bonchev–Trinajstić information content (AvgIpc) is 2.54. The van der Waals surface area contributed by atoms with Gasteiger partial charge in [0.15, 0.2) is 0 Å². The van der Waals surface area contributed by atoms with Gasteiger partial charge in [-0.3, -0.25) is 14.3 Å². The number of methoxy groups -OCH3 is 1. The van der Waals surface area contributed by atoms with E-state index in [0.717, 1.165) is 0 Å². The topological polar surface area (TPSA) is 77.0 Å². The van der Waals surface area contributed by atoms with Crippen LogP contribution in [0.15, 0.2) is 52.3 Å². The Balaban J connectivity index is 2.18. The first kappa shape index (κ1) is 16.3. The Labute approximate surface area is 146 Å². The first-order valence-corrected chi connectivity index (χ1v) is 7.56. The number of ether oxygens (including phenoxy) is 1. The average molecular weight is 364 g/mol. The summed E-state index contributed by atoms with van der Waals surface area (Å²) in [5.41, 5.74) is 0.149. The number of rotatable bonds is 3. The molecule has 0 bridgehead atoms. The molecular formula is C16H11Cl2N3O3. The molecule has 0 fully saturated rings. The summed E-state index contributed by atoms with van der Waals surface area (Å²) in [5.74, 6) is 0.421. The van der Waals surface area contributed by atoms with Crippen LogP contribution in [-0.4, -0.2) is 21.6 Å². The Morgan fingerprint density at radius 2 is 1.83 bits per heavy atom. The standard InChI is InChI=1S/C16H11Cl2N3O3/c1-24-14-3-2-9(7-19-14)13-8-21(16(23)20-15(13)22)12-5-10(17)4-11(18)6-12/h2-8H,1H3,(H,20,22,23). The molecule has 0 atom stereocenters. The number of benzene rings is 1. The normalized spacial score (nSPS) is 10.6. The lowest BCUT2D eigenvalue weighted by molar-refractivity contribution is 0.398. The lowest BCUT2D eigenvalue weighted by Gasteiger charge is -2.09. The number of halogens is 2. The summed E-state index contributed by atoms with van der Waals surface area (Å²) in [7, 11) is 1.50. The van der Waals surface area contributed by atoms with Gasteiger partial charge in [0, 0.05) is 34.1 Å². The molecule has 3 aromatic rings. The molecule has 0 unspecified atom stereocenters. The zero-order chi connectivity index (χ0) is 17.3. The minimum Gasteiger partial charge on any atom is -0.481 e. The van der Waals surface area contributed by atoms with Crippen LogP contribution in [0.25, 0.3) is 16.8 Å². The van der Waals surface area contributed by atoms with Crippen LogP contribution >= 0.6 is 23.2 Å². The Morgan fingerprint density at radius 1 is 1.12 bits per heavy atom. The van der Waals surface area contributed by atoms with Gasteiger partial charge in [0.1, 0.15) is 0 Å². The van der Waals surface area contributed by atoms with Gasteiger partial charge in [-0.25, -0.2) is 9.78 Å². The maximum atomic E-state index is 12.1. The Bertz CT molecular complexity index is 990. The molecule has 1 aromatic carbocycles. The van der Waals surface area contributed by atoms with E-state index < -0.39 is 11.2 Å². The summed E-state index contributed by atoms with van der Waals surface area (Å²) in [6.07, 6.45) is 2.91. The van der Waals surface area contributed by atoms with E-state index in [2.05, 4.69) is 9.97 Å². The van der Waals surface area contributed by atoms with Gasteiger partial charge < -0.3 is 4.74 Å². The number of nitrogens with one attached hydrogen (secondary N) is 1. The highest BCUT2D eigenvalue weighted by Crippen LogP contribution is 2.22. The molecule has 0 aliphatic rings. The monoisotopic (exact) mass is 363 g/mol. The minimum absolute atomic E-state index is 0.279. The quantitative estimate of drug-likeness (QED) is 0.775. The van der Waals surface area contributed by atoms with E-state index in [1.54, 1.807) is 30.3 Å². The molecule has 24 heavy (non-hydrogen) atoms. The summed E-state index contributed by atoms with van der Waals surface area (Å²) in [5, 5.41) is 0.756. The third-order valence-corrected chi connectivity index (χ3v) is 3.76. The SMILES string of the molecule is COc1ccc(-c2cn(-c3cc(Cl)cc(Cl)c3)c(=O)[nH]c2=O)cn1. The van der Waals surface area contributed by atoms with Crippen molar-refractivity contribution in [2.24, 2.45) is 0 Å². The van der Waals surface area contributed by atoms with Crippen LogP contribution in [0.4, 0.5) is 0 Å². The van der Waals surface area contributed by atoms with E-state index in [9.17, 15) is 9.59 Å². The number of pyridine rings is 1. The fourth-order valence-corrected chi connectivity index (χ4v) is 2.72. The molecule has 0 amide bonds. The number of nitrogens with zero attached hydrogens (tertiary/aromatic N) is 2. The predicted octanol–water partition coefficient (Wildman–Crippen LogP) is 2.90. The van der Waals surface area contributed by atoms with Crippen LogP contribution < -0.4 is 16.0 Å². The third-order valence-electron chi connectivity index (χ3n) is 3.32. The van der Waals surface area contributed by atoms with Gasteiger partial charge in [-0.05, 0) is 24.3 Å². The van der Waals surface area contributed by atoms with Crippen molar-refractivity contribution in [1.82, 2.24) is 14.5 Å². The van der Waals surface area contributed by atoms with E-state index in [4.69, 9.17) is 27.9 Å². The van der Waals surface area contributed by atoms with Gasteiger partial charge in [0.2, 0.25) is 5.88 Å². The van der Waals surface area contributed by atoms with E-state index >= 15 is 0 Å². The zero-order valence-electron chi connectivity index (χ0n) is 12.4. The highest BCUT2D eigenvalue weighted by Gasteiger charge is 2.10. The maximum Gasteiger partial charge on any atom is 0.332 e. The second-order valence-corrected chi connectivity index (χ2v) is 5.76. The first-order valence-electron chi connectivity index (χ1n) is 6.81. The van der Waals surface area contributed by atoms with E-state index in [1.165, 1.54) is 24.1 Å². The molecule has 8 heteroatoms. The van der Waals surface area contributed by atoms with Crippen molar-refractivity contribution < 1.29 is 4.74 Å². The second kappa shape index (κ2) is 6.51. The van der Waals surface area contributed by atoms with Crippen molar-refractivity contribution in [2.45, 2.75) is 0 Å². The molecule has 2 aromatic heterocycles. The number of H-pyrrole nitrogens is 1. The van der Waals surface area contributed by atoms with Crippen molar-refractivity contribution in [3.8, 4) is 22.7 Å². The van der Waals surface area contributed by atoms with E-state index in [0.29, 0.717) is 27.2 Å². The summed E-state index contributed by atoms with van der Waals surface area (Å²) in [6, 6.07) is 8.00. The molecule has 1 N–H and O–H groups in total. The largest absolute Gasteiger partial charge is 0.481 e. The zero-order valence-corrected chi connectivity index (χ0v) is 13.9. The van der Waals surface area contributed by atoms with Crippen molar-refractivity contribution in [2.75, 3.05) is 7.11 Å². The van der Waals surface area contributed by atoms with Crippen LogP contribution in [0.2, 0.25) is 10.0 Å². The summed E-state index contributed by atoms with van der Waals surface area (Å²) in [6.45, 7) is 0. The highest BCUT2D eigenvalue weighted by atomic mass is 35.5. The number of hydrogen-bond acceptors (Lipinski definition) is 4. The molecule has 0 radical (unpaired) electrons. The maximum absolute atomic E-state index is 12.1. The molecular weight excluding hydrogens is 353 g/mol. The van der Waals surface area contributed by atoms with Crippen molar-refractivity contribution >= 4 is 23.2 Å². The lowest BCUT2D eigenvalue weighted by atomic mass is 10.1. The van der Waals surface area contributed by atoms with Gasteiger partial charge >= 0.3 is 5.69 Å². The predicted molar refractivity (Wildman–Crippen MR) is 92.5 cm³/mol. The number of aromatic amines is 1. The van der Waals surface area contributed by atoms with Gasteiger partial charge in [0.25, 0.3) is 5.56 Å². The minimum atomic E-state index is -0.594. The number of aromatic nitrogens is 3. The van der Waals surface area contributed by atoms with Crippen molar-refractivity contribution in [3.63, 3.8) is 0 Å². The number of hydrogen-bond donors (Lipinski definition) is 1. The summed E-state index contributed by atoms with van der Waals surface area (Å²) in [4.78, 5) is 30.6. The Morgan fingerprint density at radius 3 is 2.42 bits per heavy atom. The molecule has 122 valence electrons. The van der Waals surface area contributed by atoms with Crippen molar-refractivity contribution in [1.29, 1.82) is 0 Å². The van der Waals surface area contributed by atoms with Crippen LogP contribution in [0, 0.1) is 0 Å². The van der Waals surface area contributed by atoms with Gasteiger partial charge in [0.05, 0.1) is 18.4 Å². The van der Waals surface area contributed by atoms with Crippen LogP contribution in [0.1, 0.15) is 0 Å². The van der Waals surface area contributed by atoms with Crippen LogP contribution in [0.5, 0.6) is 5.88 Å². The van der Waals surface area contributed by atoms with Gasteiger partial charge in [-0.1, -0.05) is 23.2 Å². The van der Waals surface area contributed by atoms with Gasteiger partial charge in [-0.2, -0.15) is 0 Å². The lowest BCUT2D eigenvalue weighted by Crippen LogP contribution is -2.29. The first-order chi connectivity index (χ1) is 11.5. The fourth-order valence-electron chi connectivity index (χ4n) is 2.21. The van der Waals surface area contributed by atoms with Crippen molar-refractivity contribution in [3.05, 3.63) is 73.6 Å². The molecule has 0 saturated heterocycles. The van der Waals surface area contributed by atoms with Gasteiger partial charge in [-0.15, -0.1) is 0 Å². The Hall–Kier alpha value is -2.57.